The van der Waals surface area contributed by atoms with Gasteiger partial charge in [-0.15, -0.1) is 6.58 Å². The highest BCUT2D eigenvalue weighted by atomic mass is 16.5. The lowest BCUT2D eigenvalue weighted by atomic mass is 10.0. The van der Waals surface area contributed by atoms with E-state index in [4.69, 9.17) is 9.47 Å². The van der Waals surface area contributed by atoms with Gasteiger partial charge in [-0.05, 0) is 30.5 Å². The van der Waals surface area contributed by atoms with E-state index in [9.17, 15) is 9.90 Å². The first-order valence-electron chi connectivity index (χ1n) is 7.36. The second-order valence-electron chi connectivity index (χ2n) is 5.04. The fourth-order valence-electron chi connectivity index (χ4n) is 2.01. The van der Waals surface area contributed by atoms with Crippen molar-refractivity contribution >= 4 is 5.97 Å². The van der Waals surface area contributed by atoms with Crippen molar-refractivity contribution in [2.24, 2.45) is 0 Å². The van der Waals surface area contributed by atoms with Gasteiger partial charge < -0.3 is 19.3 Å². The Kier molecular flexibility index (Phi) is 8.72. The SMILES string of the molecule is C=CC/C(=C/C(=O)OC)C[C@@H](O)COCc1ccc(OC)cc1. The molecule has 1 aromatic carbocycles. The Balaban J connectivity index is 2.42. The van der Waals surface area contributed by atoms with Crippen LogP contribution in [0.4, 0.5) is 0 Å². The van der Waals surface area contributed by atoms with Crippen LogP contribution in [-0.2, 0) is 20.9 Å². The van der Waals surface area contributed by atoms with Gasteiger partial charge in [0.25, 0.3) is 0 Å². The van der Waals surface area contributed by atoms with Gasteiger partial charge >= 0.3 is 5.97 Å². The van der Waals surface area contributed by atoms with Crippen LogP contribution in [0.15, 0.2) is 48.6 Å². The molecule has 23 heavy (non-hydrogen) atoms. The molecule has 0 unspecified atom stereocenters. The van der Waals surface area contributed by atoms with Crippen LogP contribution in [0.2, 0.25) is 0 Å². The van der Waals surface area contributed by atoms with Gasteiger partial charge in [-0.25, -0.2) is 4.79 Å². The van der Waals surface area contributed by atoms with Gasteiger partial charge in [0.05, 0.1) is 33.5 Å². The van der Waals surface area contributed by atoms with Crippen molar-refractivity contribution in [1.82, 2.24) is 0 Å². The van der Waals surface area contributed by atoms with E-state index in [1.165, 1.54) is 13.2 Å². The second-order valence-corrected chi connectivity index (χ2v) is 5.04. The van der Waals surface area contributed by atoms with Crippen molar-refractivity contribution < 1.29 is 24.1 Å². The molecule has 0 spiro atoms. The molecule has 0 aliphatic rings. The maximum atomic E-state index is 11.3. The first-order chi connectivity index (χ1) is 11.1. The normalized spacial score (nSPS) is 12.6. The molecule has 0 saturated heterocycles. The number of carbonyl (C=O) groups is 1. The monoisotopic (exact) mass is 320 g/mol. The maximum Gasteiger partial charge on any atom is 0.330 e. The van der Waals surface area contributed by atoms with Gasteiger partial charge in [0, 0.05) is 6.08 Å². The standard InChI is InChI=1S/C18H24O5/c1-4-5-15(11-18(20)22-3)10-16(19)13-23-12-14-6-8-17(21-2)9-7-14/h4,6-9,11,16,19H,1,5,10,12-13H2,2-3H3/b15-11-/t16-/m1/s1. The van der Waals surface area contributed by atoms with E-state index in [0.717, 1.165) is 16.9 Å². The van der Waals surface area contributed by atoms with Crippen molar-refractivity contribution in [2.45, 2.75) is 25.6 Å². The average molecular weight is 320 g/mol. The Hall–Kier alpha value is -2.11. The van der Waals surface area contributed by atoms with E-state index in [1.54, 1.807) is 13.2 Å². The summed E-state index contributed by atoms with van der Waals surface area (Å²) in [7, 11) is 2.93. The average Bonchev–Trinajstić information content (AvgIpc) is 2.55. The highest BCUT2D eigenvalue weighted by molar-refractivity contribution is 5.82. The summed E-state index contributed by atoms with van der Waals surface area (Å²) in [4.78, 5) is 11.3. The lowest BCUT2D eigenvalue weighted by Gasteiger charge is -2.13. The Morgan fingerprint density at radius 2 is 2.00 bits per heavy atom. The fourth-order valence-corrected chi connectivity index (χ4v) is 2.01. The zero-order chi connectivity index (χ0) is 17.1. The fraction of sp³-hybridized carbons (Fsp3) is 0.389. The summed E-state index contributed by atoms with van der Waals surface area (Å²) in [5, 5.41) is 10.0. The maximum absolute atomic E-state index is 11.3. The van der Waals surface area contributed by atoms with Gasteiger partial charge in [-0.2, -0.15) is 0 Å². The number of hydrogen-bond acceptors (Lipinski definition) is 5. The van der Waals surface area contributed by atoms with Crippen LogP contribution < -0.4 is 4.74 Å². The summed E-state index contributed by atoms with van der Waals surface area (Å²) in [6.45, 7) is 4.22. The minimum absolute atomic E-state index is 0.182. The Morgan fingerprint density at radius 1 is 1.30 bits per heavy atom. The van der Waals surface area contributed by atoms with Crippen molar-refractivity contribution in [3.8, 4) is 5.75 Å². The summed E-state index contributed by atoms with van der Waals surface area (Å²) in [5.41, 5.74) is 1.75. The summed E-state index contributed by atoms with van der Waals surface area (Å²) in [5.74, 6) is 0.351. The zero-order valence-corrected chi connectivity index (χ0v) is 13.7. The van der Waals surface area contributed by atoms with Crippen LogP contribution >= 0.6 is 0 Å². The lowest BCUT2D eigenvalue weighted by molar-refractivity contribution is -0.134. The minimum atomic E-state index is -0.691. The molecule has 0 amide bonds. The predicted molar refractivity (Wildman–Crippen MR) is 88.2 cm³/mol. The first kappa shape index (κ1) is 18.9. The van der Waals surface area contributed by atoms with Crippen LogP contribution in [0, 0.1) is 0 Å². The van der Waals surface area contributed by atoms with Crippen molar-refractivity contribution in [2.75, 3.05) is 20.8 Å². The molecule has 0 aromatic heterocycles. The van der Waals surface area contributed by atoms with E-state index in [1.807, 2.05) is 24.3 Å². The molecule has 0 heterocycles. The topological polar surface area (TPSA) is 65.0 Å². The minimum Gasteiger partial charge on any atom is -0.497 e. The van der Waals surface area contributed by atoms with Crippen molar-refractivity contribution in [3.05, 3.63) is 54.1 Å². The summed E-state index contributed by atoms with van der Waals surface area (Å²) >= 11 is 0. The summed E-state index contributed by atoms with van der Waals surface area (Å²) < 4.78 is 15.2. The Bertz CT molecular complexity index is 519. The third kappa shape index (κ3) is 7.63. The number of hydrogen-bond donors (Lipinski definition) is 1. The number of methoxy groups -OCH3 is 2. The Morgan fingerprint density at radius 3 is 2.57 bits per heavy atom. The third-order valence-electron chi connectivity index (χ3n) is 3.17. The molecule has 1 atom stereocenters. The number of aliphatic hydroxyl groups excluding tert-OH is 1. The first-order valence-corrected chi connectivity index (χ1v) is 7.36. The van der Waals surface area contributed by atoms with E-state index in [2.05, 4.69) is 11.3 Å². The second kappa shape index (κ2) is 10.6. The molecule has 5 nitrogen and oxygen atoms in total. The molecule has 0 aliphatic carbocycles. The molecule has 1 N–H and O–H groups in total. The van der Waals surface area contributed by atoms with Crippen LogP contribution in [0.25, 0.3) is 0 Å². The number of benzene rings is 1. The highest BCUT2D eigenvalue weighted by Gasteiger charge is 2.09. The summed E-state index contributed by atoms with van der Waals surface area (Å²) in [6, 6.07) is 7.53. The third-order valence-corrected chi connectivity index (χ3v) is 3.17. The highest BCUT2D eigenvalue weighted by Crippen LogP contribution is 2.14. The van der Waals surface area contributed by atoms with E-state index in [0.29, 0.717) is 19.4 Å². The van der Waals surface area contributed by atoms with Crippen molar-refractivity contribution in [3.63, 3.8) is 0 Å². The number of rotatable bonds is 10. The zero-order valence-electron chi connectivity index (χ0n) is 13.7. The molecule has 0 fully saturated rings. The molecule has 0 saturated carbocycles. The van der Waals surface area contributed by atoms with Crippen LogP contribution in [-0.4, -0.2) is 38.0 Å². The van der Waals surface area contributed by atoms with Crippen molar-refractivity contribution in [1.29, 1.82) is 0 Å². The molecule has 0 bridgehead atoms. The summed E-state index contributed by atoms with van der Waals surface area (Å²) in [6.07, 6.45) is 3.23. The number of esters is 1. The van der Waals surface area contributed by atoms with Gasteiger partial charge in [0.2, 0.25) is 0 Å². The van der Waals surface area contributed by atoms with Gasteiger partial charge in [-0.1, -0.05) is 23.8 Å². The van der Waals surface area contributed by atoms with Crippen LogP contribution in [0.1, 0.15) is 18.4 Å². The van der Waals surface area contributed by atoms with Crippen LogP contribution in [0.5, 0.6) is 5.75 Å². The molecule has 0 radical (unpaired) electrons. The molecular formula is C18H24O5. The molecule has 1 aromatic rings. The molecule has 1 rings (SSSR count). The van der Waals surface area contributed by atoms with Gasteiger partial charge in [-0.3, -0.25) is 0 Å². The van der Waals surface area contributed by atoms with E-state index in [-0.39, 0.29) is 6.61 Å². The smallest absolute Gasteiger partial charge is 0.330 e. The largest absolute Gasteiger partial charge is 0.497 e. The van der Waals surface area contributed by atoms with Gasteiger partial charge in [0.1, 0.15) is 5.75 Å². The molecule has 0 aliphatic heterocycles. The molecule has 5 heteroatoms. The van der Waals surface area contributed by atoms with Crippen LogP contribution in [0.3, 0.4) is 0 Å². The molecular weight excluding hydrogens is 296 g/mol. The number of carbonyl (C=O) groups excluding carboxylic acids is 1. The number of allylic oxidation sites excluding steroid dienone is 1. The Labute approximate surface area is 137 Å². The van der Waals surface area contributed by atoms with Gasteiger partial charge in [0.15, 0.2) is 0 Å². The lowest BCUT2D eigenvalue weighted by Crippen LogP contribution is -2.16. The van der Waals surface area contributed by atoms with E-state index < -0.39 is 12.1 Å². The number of aliphatic hydroxyl groups is 1. The predicted octanol–water partition coefficient (Wildman–Crippen LogP) is 2.64. The van der Waals surface area contributed by atoms with E-state index >= 15 is 0 Å². The number of ether oxygens (including phenoxy) is 3. The quantitative estimate of drug-likeness (QED) is 0.408. The molecule has 126 valence electrons.